The normalized spacial score (nSPS) is 11.0. The van der Waals surface area contributed by atoms with E-state index in [0.29, 0.717) is 6.42 Å². The van der Waals surface area contributed by atoms with Crippen LogP contribution in [0.15, 0.2) is 30.3 Å². The smallest absolute Gasteiger partial charge is 0.243 e. The molecule has 1 atom stereocenters. The zero-order valence-electron chi connectivity index (χ0n) is 19.1. The summed E-state index contributed by atoms with van der Waals surface area (Å²) in [5.41, 5.74) is 5.81. The van der Waals surface area contributed by atoms with E-state index in [2.05, 4.69) is 26.6 Å². The molecule has 0 aliphatic rings. The predicted octanol–water partition coefficient (Wildman–Crippen LogP) is -2.15. The van der Waals surface area contributed by atoms with Crippen molar-refractivity contribution < 1.29 is 28.8 Å². The molecule has 34 heavy (non-hydrogen) atoms. The lowest BCUT2D eigenvalue weighted by atomic mass is 10.1. The molecular weight excluding hydrogens is 444 g/mol. The van der Waals surface area contributed by atoms with Gasteiger partial charge in [-0.2, -0.15) is 0 Å². The van der Waals surface area contributed by atoms with Crippen molar-refractivity contribution in [3.8, 4) is 0 Å². The topological polar surface area (TPSA) is 189 Å². The Morgan fingerprint density at radius 1 is 0.794 bits per heavy atom. The number of hydrogen-bond donors (Lipinski definition) is 6. The van der Waals surface area contributed by atoms with E-state index in [1.807, 2.05) is 6.07 Å². The molecular formula is C22H32N6O6. The number of nitrogens with one attached hydrogen (secondary N) is 5. The molecule has 0 radical (unpaired) electrons. The van der Waals surface area contributed by atoms with E-state index in [9.17, 15) is 28.8 Å². The first-order chi connectivity index (χ1) is 16.2. The van der Waals surface area contributed by atoms with Crippen LogP contribution in [0.4, 0.5) is 0 Å². The highest BCUT2D eigenvalue weighted by Crippen LogP contribution is 2.03. The van der Waals surface area contributed by atoms with Crippen molar-refractivity contribution in [3.63, 3.8) is 0 Å². The van der Waals surface area contributed by atoms with Crippen LogP contribution in [0.3, 0.4) is 0 Å². The fourth-order valence-electron chi connectivity index (χ4n) is 2.69. The number of primary amides is 1. The highest BCUT2D eigenvalue weighted by molar-refractivity contribution is 5.92. The molecule has 0 spiro atoms. The van der Waals surface area contributed by atoms with Gasteiger partial charge in [-0.05, 0) is 12.0 Å². The lowest BCUT2D eigenvalue weighted by Crippen LogP contribution is -2.52. The van der Waals surface area contributed by atoms with Crippen LogP contribution in [0.25, 0.3) is 0 Å². The van der Waals surface area contributed by atoms with Gasteiger partial charge in [0.25, 0.3) is 0 Å². The molecule has 1 aromatic rings. The molecule has 0 aromatic heterocycles. The molecule has 1 unspecified atom stereocenters. The van der Waals surface area contributed by atoms with Crippen molar-refractivity contribution in [2.75, 3.05) is 26.2 Å². The third-order valence-electron chi connectivity index (χ3n) is 4.49. The van der Waals surface area contributed by atoms with E-state index in [1.54, 1.807) is 31.2 Å². The maximum atomic E-state index is 12.7. The van der Waals surface area contributed by atoms with Gasteiger partial charge < -0.3 is 32.3 Å². The van der Waals surface area contributed by atoms with Gasteiger partial charge in [0.15, 0.2) is 0 Å². The standard InChI is InChI=1S/C22H32N6O6/c1-2-18(30)25-12-20(32)26-14-21(33)28-16(11-15-7-4-3-5-8-15)22(34)27-13-19(31)24-10-6-9-17(23)29/h3-5,7-8,16H,2,6,9-14H2,1H3,(H2,23,29)(H,24,31)(H,25,30)(H,26,32)(H,27,34)(H,28,33). The largest absolute Gasteiger partial charge is 0.370 e. The van der Waals surface area contributed by atoms with Crippen LogP contribution in [0.2, 0.25) is 0 Å². The first-order valence-corrected chi connectivity index (χ1v) is 10.9. The van der Waals surface area contributed by atoms with Gasteiger partial charge in [-0.1, -0.05) is 37.3 Å². The van der Waals surface area contributed by atoms with E-state index in [-0.39, 0.29) is 51.3 Å². The Balaban J connectivity index is 2.58. The Labute approximate surface area is 197 Å². The first kappa shape index (κ1) is 28.1. The van der Waals surface area contributed by atoms with Crippen molar-refractivity contribution in [3.05, 3.63) is 35.9 Å². The summed E-state index contributed by atoms with van der Waals surface area (Å²) < 4.78 is 0. The monoisotopic (exact) mass is 476 g/mol. The highest BCUT2D eigenvalue weighted by Gasteiger charge is 2.22. The fourth-order valence-corrected chi connectivity index (χ4v) is 2.69. The SMILES string of the molecule is CCC(=O)NCC(=O)NCC(=O)NC(Cc1ccccc1)C(=O)NCC(=O)NCCCC(N)=O. The lowest BCUT2D eigenvalue weighted by Gasteiger charge is -2.19. The molecule has 0 saturated heterocycles. The van der Waals surface area contributed by atoms with Crippen molar-refractivity contribution in [2.45, 2.75) is 38.6 Å². The summed E-state index contributed by atoms with van der Waals surface area (Å²) in [5, 5.41) is 12.3. The third-order valence-corrected chi connectivity index (χ3v) is 4.49. The molecule has 0 fully saturated rings. The Morgan fingerprint density at radius 2 is 1.38 bits per heavy atom. The highest BCUT2D eigenvalue weighted by atomic mass is 16.2. The summed E-state index contributed by atoms with van der Waals surface area (Å²) in [6, 6.07) is 7.97. The van der Waals surface area contributed by atoms with Crippen LogP contribution >= 0.6 is 0 Å². The van der Waals surface area contributed by atoms with E-state index in [0.717, 1.165) is 5.56 Å². The molecule has 186 valence electrons. The molecule has 0 aliphatic carbocycles. The van der Waals surface area contributed by atoms with E-state index in [1.165, 1.54) is 0 Å². The van der Waals surface area contributed by atoms with Gasteiger partial charge in [-0.15, -0.1) is 0 Å². The van der Waals surface area contributed by atoms with Crippen LogP contribution in [-0.4, -0.2) is 67.7 Å². The molecule has 0 saturated carbocycles. The van der Waals surface area contributed by atoms with E-state index in [4.69, 9.17) is 5.73 Å². The number of rotatable bonds is 15. The van der Waals surface area contributed by atoms with Crippen molar-refractivity contribution in [1.29, 1.82) is 0 Å². The lowest BCUT2D eigenvalue weighted by molar-refractivity contribution is -0.131. The molecule has 0 aliphatic heterocycles. The van der Waals surface area contributed by atoms with Crippen LogP contribution in [-0.2, 0) is 35.2 Å². The third kappa shape index (κ3) is 12.8. The van der Waals surface area contributed by atoms with Crippen LogP contribution < -0.4 is 32.3 Å². The second kappa shape index (κ2) is 15.8. The molecule has 6 amide bonds. The van der Waals surface area contributed by atoms with Crippen LogP contribution in [0.5, 0.6) is 0 Å². The Bertz CT molecular complexity index is 861. The maximum Gasteiger partial charge on any atom is 0.243 e. The summed E-state index contributed by atoms with van der Waals surface area (Å²) in [6.07, 6.45) is 0.920. The van der Waals surface area contributed by atoms with Crippen molar-refractivity contribution in [1.82, 2.24) is 26.6 Å². The number of nitrogens with two attached hydrogens (primary N) is 1. The zero-order chi connectivity index (χ0) is 25.3. The second-order valence-corrected chi connectivity index (χ2v) is 7.35. The van der Waals surface area contributed by atoms with Crippen LogP contribution in [0, 0.1) is 0 Å². The summed E-state index contributed by atoms with van der Waals surface area (Å²) in [4.78, 5) is 70.5. The first-order valence-electron chi connectivity index (χ1n) is 10.9. The minimum atomic E-state index is -0.991. The molecule has 1 rings (SSSR count). The van der Waals surface area contributed by atoms with Crippen LogP contribution in [0.1, 0.15) is 31.7 Å². The molecule has 1 aromatic carbocycles. The van der Waals surface area contributed by atoms with E-state index < -0.39 is 35.6 Å². The van der Waals surface area contributed by atoms with Gasteiger partial charge in [-0.25, -0.2) is 0 Å². The van der Waals surface area contributed by atoms with Gasteiger partial charge in [0, 0.05) is 25.8 Å². The van der Waals surface area contributed by atoms with Gasteiger partial charge in [0.2, 0.25) is 35.4 Å². The van der Waals surface area contributed by atoms with Crippen molar-refractivity contribution >= 4 is 35.4 Å². The minimum absolute atomic E-state index is 0.138. The Morgan fingerprint density at radius 3 is 2.03 bits per heavy atom. The van der Waals surface area contributed by atoms with Crippen molar-refractivity contribution in [2.24, 2.45) is 5.73 Å². The summed E-state index contributed by atoms with van der Waals surface area (Å²) in [5.74, 6) is -2.95. The van der Waals surface area contributed by atoms with Gasteiger partial charge in [-0.3, -0.25) is 28.8 Å². The summed E-state index contributed by atoms with van der Waals surface area (Å²) in [7, 11) is 0. The Hall–Kier alpha value is -3.96. The number of amides is 6. The molecule has 0 bridgehead atoms. The quantitative estimate of drug-likeness (QED) is 0.157. The van der Waals surface area contributed by atoms with Gasteiger partial charge in [0.05, 0.1) is 19.6 Å². The summed E-state index contributed by atoms with van der Waals surface area (Å²) in [6.45, 7) is 0.916. The molecule has 0 heterocycles. The minimum Gasteiger partial charge on any atom is -0.370 e. The number of hydrogen-bond acceptors (Lipinski definition) is 6. The Kier molecular flexibility index (Phi) is 13.0. The average molecular weight is 477 g/mol. The predicted molar refractivity (Wildman–Crippen MR) is 123 cm³/mol. The summed E-state index contributed by atoms with van der Waals surface area (Å²) >= 11 is 0. The zero-order valence-corrected chi connectivity index (χ0v) is 19.1. The second-order valence-electron chi connectivity index (χ2n) is 7.35. The average Bonchev–Trinajstić information content (AvgIpc) is 2.82. The van der Waals surface area contributed by atoms with E-state index >= 15 is 0 Å². The number of benzene rings is 1. The molecule has 7 N–H and O–H groups in total. The fraction of sp³-hybridized carbons (Fsp3) is 0.455. The maximum absolute atomic E-state index is 12.7. The number of carbonyl (C=O) groups excluding carboxylic acids is 6. The molecule has 12 heteroatoms. The van der Waals surface area contributed by atoms with Gasteiger partial charge >= 0.3 is 0 Å². The molecule has 12 nitrogen and oxygen atoms in total. The van der Waals surface area contributed by atoms with Gasteiger partial charge in [0.1, 0.15) is 6.04 Å². The number of carbonyl (C=O) groups is 6.